The molecule has 0 saturated carbocycles. The van der Waals surface area contributed by atoms with Crippen LogP contribution in [0.15, 0.2) is 38.0 Å². The Kier molecular flexibility index (Phi) is 6.69. The molecule has 0 amide bonds. The summed E-state index contributed by atoms with van der Waals surface area (Å²) in [5.41, 5.74) is 0.741. The number of anilines is 1. The summed E-state index contributed by atoms with van der Waals surface area (Å²) >= 11 is 14.1. The van der Waals surface area contributed by atoms with Gasteiger partial charge in [0, 0.05) is 16.3 Å². The van der Waals surface area contributed by atoms with Gasteiger partial charge in [-0.2, -0.15) is 13.0 Å². The van der Waals surface area contributed by atoms with Crippen LogP contribution >= 0.6 is 62.0 Å². The first kappa shape index (κ1) is 23.0. The smallest absolute Gasteiger partial charge is 0.323 e. The summed E-state index contributed by atoms with van der Waals surface area (Å²) in [6.45, 7) is 0.189. The highest BCUT2D eigenvalue weighted by Gasteiger charge is 2.30. The number of carboxylic acid groups (broad SMARTS) is 1. The maximum Gasteiger partial charge on any atom is 0.323 e. The van der Waals surface area contributed by atoms with Crippen LogP contribution < -0.4 is 9.47 Å². The Bertz CT molecular complexity index is 1320. The summed E-state index contributed by atoms with van der Waals surface area (Å²) in [6, 6.07) is 7.38. The fraction of sp³-hybridized carbons (Fsp3) is 0.222. The van der Waals surface area contributed by atoms with Crippen molar-refractivity contribution in [3.63, 3.8) is 0 Å². The maximum atomic E-state index is 11.5. The van der Waals surface area contributed by atoms with Gasteiger partial charge in [-0.1, -0.05) is 46.0 Å². The van der Waals surface area contributed by atoms with Crippen LogP contribution in [0.4, 0.5) is 5.69 Å². The highest BCUT2D eigenvalue weighted by molar-refractivity contribution is 9.11. The molecule has 0 fully saturated rings. The molecule has 1 aliphatic heterocycles. The summed E-state index contributed by atoms with van der Waals surface area (Å²) in [7, 11) is -4.04. The molecule has 2 aromatic heterocycles. The average molecular weight is 583 g/mol. The van der Waals surface area contributed by atoms with Crippen LogP contribution in [-0.4, -0.2) is 36.3 Å². The Morgan fingerprint density at radius 3 is 2.77 bits per heavy atom. The highest BCUT2D eigenvalue weighted by atomic mass is 79.9. The van der Waals surface area contributed by atoms with E-state index in [0.29, 0.717) is 11.6 Å². The SMILES string of the molecule is O=C(O)CN1C(=Cc2sc3cc(Br)sc3[n+]2CCCS(=O)(=O)O)Sc2ccc(Cl)cc21. The van der Waals surface area contributed by atoms with E-state index in [0.717, 1.165) is 33.9 Å². The van der Waals surface area contributed by atoms with Gasteiger partial charge in [-0.15, -0.1) is 0 Å². The van der Waals surface area contributed by atoms with Crippen LogP contribution in [0.25, 0.3) is 15.6 Å². The fourth-order valence-electron chi connectivity index (χ4n) is 3.18. The third-order valence-corrected chi connectivity index (χ3v) is 9.41. The molecule has 1 aliphatic rings. The van der Waals surface area contributed by atoms with Crippen molar-refractivity contribution in [2.75, 3.05) is 17.2 Å². The second-order valence-electron chi connectivity index (χ2n) is 6.63. The van der Waals surface area contributed by atoms with Crippen molar-refractivity contribution in [3.8, 4) is 0 Å². The van der Waals surface area contributed by atoms with Gasteiger partial charge >= 0.3 is 5.97 Å². The molecule has 0 radical (unpaired) electrons. The first-order valence-electron chi connectivity index (χ1n) is 8.86. The van der Waals surface area contributed by atoms with Crippen LogP contribution in [0.1, 0.15) is 11.4 Å². The van der Waals surface area contributed by atoms with Gasteiger partial charge in [0.2, 0.25) is 0 Å². The van der Waals surface area contributed by atoms with E-state index in [2.05, 4.69) is 15.9 Å². The summed E-state index contributed by atoms with van der Waals surface area (Å²) in [5, 5.41) is 11.5. The van der Waals surface area contributed by atoms with Gasteiger partial charge < -0.3 is 10.0 Å². The molecule has 3 aromatic rings. The third kappa shape index (κ3) is 5.27. The predicted octanol–water partition coefficient (Wildman–Crippen LogP) is 4.94. The number of rotatable bonds is 7. The molecule has 164 valence electrons. The van der Waals surface area contributed by atoms with Crippen LogP contribution in [0, 0.1) is 0 Å². The minimum Gasteiger partial charge on any atom is -0.480 e. The molecular weight excluding hydrogens is 568 g/mol. The van der Waals surface area contributed by atoms with E-state index in [9.17, 15) is 18.3 Å². The van der Waals surface area contributed by atoms with Crippen LogP contribution in [-0.2, 0) is 21.5 Å². The first-order chi connectivity index (χ1) is 14.6. The van der Waals surface area contributed by atoms with Crippen molar-refractivity contribution < 1.29 is 27.4 Å². The van der Waals surface area contributed by atoms with E-state index in [-0.39, 0.29) is 18.7 Å². The minimum absolute atomic E-state index is 0.208. The summed E-state index contributed by atoms with van der Waals surface area (Å²) in [5.74, 6) is -1.29. The van der Waals surface area contributed by atoms with Gasteiger partial charge in [-0.05, 0) is 40.2 Å². The number of hydrogen-bond donors (Lipinski definition) is 2. The van der Waals surface area contributed by atoms with E-state index in [1.807, 2.05) is 22.8 Å². The predicted molar refractivity (Wildman–Crippen MR) is 129 cm³/mol. The lowest BCUT2D eigenvalue weighted by Gasteiger charge is -2.17. The van der Waals surface area contributed by atoms with Gasteiger partial charge in [-0.25, -0.2) is 0 Å². The van der Waals surface area contributed by atoms with Crippen LogP contribution in [0.2, 0.25) is 5.02 Å². The number of aryl methyl sites for hydroxylation is 1. The second kappa shape index (κ2) is 9.00. The molecule has 31 heavy (non-hydrogen) atoms. The number of aromatic nitrogens is 1. The number of aliphatic carboxylic acids is 1. The number of benzene rings is 1. The molecule has 1 aromatic carbocycles. The zero-order chi connectivity index (χ0) is 22.3. The Labute approximate surface area is 203 Å². The van der Waals surface area contributed by atoms with Gasteiger partial charge in [-0.3, -0.25) is 9.35 Å². The van der Waals surface area contributed by atoms with Crippen LogP contribution in [0.5, 0.6) is 0 Å². The molecule has 2 N–H and O–H groups in total. The highest BCUT2D eigenvalue weighted by Crippen LogP contribution is 2.47. The number of thiazole rings is 1. The molecule has 7 nitrogen and oxygen atoms in total. The van der Waals surface area contributed by atoms with Gasteiger partial charge in [0.15, 0.2) is 6.54 Å². The van der Waals surface area contributed by atoms with E-state index in [1.165, 1.54) is 34.4 Å². The molecule has 3 heterocycles. The Hall–Kier alpha value is -1.15. The second-order valence-corrected chi connectivity index (χ2v) is 13.2. The number of carbonyl (C=O) groups is 1. The lowest BCUT2D eigenvalue weighted by molar-refractivity contribution is -0.666. The normalized spacial score (nSPS) is 15.2. The number of fused-ring (bicyclic) bond motifs is 2. The summed E-state index contributed by atoms with van der Waals surface area (Å²) in [6.07, 6.45) is 2.17. The van der Waals surface area contributed by atoms with Crippen LogP contribution in [0.3, 0.4) is 0 Å². The lowest BCUT2D eigenvalue weighted by atomic mass is 10.3. The molecule has 13 heteroatoms. The summed E-state index contributed by atoms with van der Waals surface area (Å²) < 4.78 is 35.4. The molecule has 4 rings (SSSR count). The van der Waals surface area contributed by atoms with E-state index >= 15 is 0 Å². The Morgan fingerprint density at radius 2 is 2.06 bits per heavy atom. The average Bonchev–Trinajstić information content (AvgIpc) is 3.26. The first-order valence-corrected chi connectivity index (χ1v) is 14.1. The van der Waals surface area contributed by atoms with Gasteiger partial charge in [0.1, 0.15) is 11.2 Å². The fourth-order valence-corrected chi connectivity index (χ4v) is 8.10. The monoisotopic (exact) mass is 581 g/mol. The zero-order valence-electron chi connectivity index (χ0n) is 15.6. The van der Waals surface area contributed by atoms with Crippen molar-refractivity contribution in [3.05, 3.63) is 43.1 Å². The number of halogens is 2. The lowest BCUT2D eigenvalue weighted by Crippen LogP contribution is -2.36. The molecule has 0 aliphatic carbocycles. The molecule has 0 spiro atoms. The van der Waals surface area contributed by atoms with E-state index in [4.69, 9.17) is 16.2 Å². The maximum absolute atomic E-state index is 11.5. The topological polar surface area (TPSA) is 98.8 Å². The van der Waals surface area contributed by atoms with E-state index in [1.54, 1.807) is 17.0 Å². The molecule has 0 bridgehead atoms. The number of carboxylic acids is 1. The van der Waals surface area contributed by atoms with Crippen molar-refractivity contribution in [1.29, 1.82) is 0 Å². The molecule has 0 atom stereocenters. The standard InChI is InChI=1S/C18H14BrClN2O5S4/c19-14-7-13-18(30-14)21(4-1-5-31(25,26)27)15(29-13)8-16-22(9-17(23)24)11-6-10(20)2-3-12(11)28-16/h2-3,6-8H,1,4-5,9H2,(H-,23,24,25,26,27)/p+1. The summed E-state index contributed by atoms with van der Waals surface area (Å²) in [4.78, 5) is 15.1. The Balaban J connectivity index is 1.74. The van der Waals surface area contributed by atoms with Crippen molar-refractivity contribution in [2.24, 2.45) is 0 Å². The Morgan fingerprint density at radius 1 is 1.29 bits per heavy atom. The molecular formula is C18H15BrClN2O5S4+. The van der Waals surface area contributed by atoms with Crippen molar-refractivity contribution in [1.82, 2.24) is 0 Å². The number of hydrogen-bond acceptors (Lipinski definition) is 7. The quantitative estimate of drug-likeness (QED) is 0.301. The zero-order valence-corrected chi connectivity index (χ0v) is 21.2. The van der Waals surface area contributed by atoms with Crippen molar-refractivity contribution in [2.45, 2.75) is 17.9 Å². The minimum atomic E-state index is -4.04. The van der Waals surface area contributed by atoms with E-state index < -0.39 is 16.1 Å². The molecule has 0 unspecified atom stereocenters. The third-order valence-electron chi connectivity index (χ3n) is 4.39. The van der Waals surface area contributed by atoms with Crippen molar-refractivity contribution >= 4 is 99.3 Å². The number of thioether (sulfide) groups is 1. The van der Waals surface area contributed by atoms with Gasteiger partial charge in [0.05, 0.1) is 26.3 Å². The number of nitrogens with zero attached hydrogens (tertiary/aromatic N) is 2. The number of thiophene rings is 1. The van der Waals surface area contributed by atoms with Gasteiger partial charge in [0.25, 0.3) is 20.0 Å². The molecule has 0 saturated heterocycles. The largest absolute Gasteiger partial charge is 0.480 e.